The molecule has 0 heterocycles. The monoisotopic (exact) mass is 318 g/mol. The molecule has 1 aromatic rings. The Morgan fingerprint density at radius 3 is 2.41 bits per heavy atom. The first-order valence-corrected chi connectivity index (χ1v) is 6.80. The van der Waals surface area contributed by atoms with Gasteiger partial charge in [0.05, 0.1) is 5.02 Å². The van der Waals surface area contributed by atoms with Crippen LogP contribution in [-0.2, 0) is 10.0 Å². The number of likely N-dealkylation sites (N-methyl/N-ethyl adjacent to an activating group) is 1. The van der Waals surface area contributed by atoms with Crippen LogP contribution in [0.15, 0.2) is 23.1 Å². The standard InChI is InChI=1S/C9H12Cl2N2O2S.ClH/c1-12-4-5-13-16(14,15)9-3-2-7(10)6-8(9)11;/h2-3,6,12-13H,4-5H2,1H3;1H. The quantitative estimate of drug-likeness (QED) is 0.815. The third kappa shape index (κ3) is 4.99. The third-order valence-electron chi connectivity index (χ3n) is 1.85. The first-order chi connectivity index (χ1) is 7.47. The maximum absolute atomic E-state index is 11.8. The van der Waals surface area contributed by atoms with Crippen molar-refractivity contribution in [3.05, 3.63) is 28.2 Å². The SMILES string of the molecule is CNCCNS(=O)(=O)c1ccc(Cl)cc1Cl.Cl. The molecule has 0 saturated heterocycles. The summed E-state index contributed by atoms with van der Waals surface area (Å²) in [6, 6.07) is 4.27. The molecule has 17 heavy (non-hydrogen) atoms. The van der Waals surface area contributed by atoms with Gasteiger partial charge in [-0.25, -0.2) is 13.1 Å². The molecule has 0 spiro atoms. The molecule has 0 aliphatic rings. The van der Waals surface area contributed by atoms with Crippen molar-refractivity contribution in [1.82, 2.24) is 10.0 Å². The fraction of sp³-hybridized carbons (Fsp3) is 0.333. The van der Waals surface area contributed by atoms with Gasteiger partial charge in [-0.05, 0) is 25.2 Å². The van der Waals surface area contributed by atoms with E-state index < -0.39 is 10.0 Å². The Morgan fingerprint density at radius 1 is 1.24 bits per heavy atom. The summed E-state index contributed by atoms with van der Waals surface area (Å²) < 4.78 is 26.0. The number of rotatable bonds is 5. The van der Waals surface area contributed by atoms with Crippen molar-refractivity contribution in [2.24, 2.45) is 0 Å². The largest absolute Gasteiger partial charge is 0.318 e. The Hall–Kier alpha value is -0.0400. The minimum atomic E-state index is -3.56. The van der Waals surface area contributed by atoms with E-state index in [1.165, 1.54) is 18.2 Å². The summed E-state index contributed by atoms with van der Waals surface area (Å²) in [5, 5.41) is 3.35. The lowest BCUT2D eigenvalue weighted by molar-refractivity contribution is 0.579. The first kappa shape index (κ1) is 17.0. The fourth-order valence-corrected chi connectivity index (χ4v) is 2.88. The van der Waals surface area contributed by atoms with Crippen LogP contribution >= 0.6 is 35.6 Å². The first-order valence-electron chi connectivity index (χ1n) is 4.56. The summed E-state index contributed by atoms with van der Waals surface area (Å²) in [6.07, 6.45) is 0. The van der Waals surface area contributed by atoms with E-state index in [-0.39, 0.29) is 22.3 Å². The van der Waals surface area contributed by atoms with E-state index in [1.807, 2.05) is 0 Å². The Kier molecular flexibility index (Phi) is 7.39. The van der Waals surface area contributed by atoms with Crippen LogP contribution in [0.3, 0.4) is 0 Å². The van der Waals surface area contributed by atoms with E-state index in [0.29, 0.717) is 18.1 Å². The molecule has 8 heteroatoms. The predicted molar refractivity (Wildman–Crippen MR) is 72.8 cm³/mol. The lowest BCUT2D eigenvalue weighted by atomic mass is 10.4. The summed E-state index contributed by atoms with van der Waals surface area (Å²) >= 11 is 11.5. The van der Waals surface area contributed by atoms with Gasteiger partial charge in [0, 0.05) is 18.1 Å². The van der Waals surface area contributed by atoms with Gasteiger partial charge in [0.1, 0.15) is 4.90 Å². The second-order valence-corrected chi connectivity index (χ2v) is 5.66. The zero-order valence-electron chi connectivity index (χ0n) is 9.04. The number of halogens is 3. The Morgan fingerprint density at radius 2 is 1.88 bits per heavy atom. The molecule has 1 rings (SSSR count). The minimum absolute atomic E-state index is 0. The Bertz CT molecular complexity index is 465. The second-order valence-electron chi connectivity index (χ2n) is 3.08. The van der Waals surface area contributed by atoms with Crippen LogP contribution in [0.1, 0.15) is 0 Å². The van der Waals surface area contributed by atoms with Gasteiger partial charge in [0.15, 0.2) is 0 Å². The normalized spacial score (nSPS) is 11.0. The van der Waals surface area contributed by atoms with Crippen molar-refractivity contribution in [2.75, 3.05) is 20.1 Å². The van der Waals surface area contributed by atoms with Crippen LogP contribution in [0.2, 0.25) is 10.0 Å². The number of hydrogen-bond acceptors (Lipinski definition) is 3. The maximum Gasteiger partial charge on any atom is 0.242 e. The highest BCUT2D eigenvalue weighted by atomic mass is 35.5. The van der Waals surface area contributed by atoms with Gasteiger partial charge in [-0.2, -0.15) is 0 Å². The Balaban J connectivity index is 0.00000256. The molecule has 1 aromatic carbocycles. The van der Waals surface area contributed by atoms with Crippen molar-refractivity contribution in [1.29, 1.82) is 0 Å². The van der Waals surface area contributed by atoms with Crippen molar-refractivity contribution in [3.63, 3.8) is 0 Å². The minimum Gasteiger partial charge on any atom is -0.318 e. The molecule has 0 radical (unpaired) electrons. The zero-order valence-corrected chi connectivity index (χ0v) is 12.2. The van der Waals surface area contributed by atoms with Crippen LogP contribution in [-0.4, -0.2) is 28.6 Å². The van der Waals surface area contributed by atoms with Crippen LogP contribution in [0.4, 0.5) is 0 Å². The molecule has 0 saturated carbocycles. The van der Waals surface area contributed by atoms with Gasteiger partial charge in [0.2, 0.25) is 10.0 Å². The summed E-state index contributed by atoms with van der Waals surface area (Å²) in [4.78, 5) is 0.0367. The van der Waals surface area contributed by atoms with Gasteiger partial charge in [-0.1, -0.05) is 23.2 Å². The average molecular weight is 320 g/mol. The molecule has 0 unspecified atom stereocenters. The molecule has 4 nitrogen and oxygen atoms in total. The molecule has 98 valence electrons. The molecule has 0 aliphatic carbocycles. The molecule has 0 atom stereocenters. The van der Waals surface area contributed by atoms with Gasteiger partial charge in [-0.3, -0.25) is 0 Å². The van der Waals surface area contributed by atoms with Crippen LogP contribution < -0.4 is 10.0 Å². The van der Waals surface area contributed by atoms with Crippen LogP contribution in [0.5, 0.6) is 0 Å². The number of sulfonamides is 1. The summed E-state index contributed by atoms with van der Waals surface area (Å²) in [5.74, 6) is 0. The average Bonchev–Trinajstić information content (AvgIpc) is 2.17. The molecule has 0 aliphatic heterocycles. The van der Waals surface area contributed by atoms with Gasteiger partial charge >= 0.3 is 0 Å². The summed E-state index contributed by atoms with van der Waals surface area (Å²) in [7, 11) is -1.82. The molecule has 0 fully saturated rings. The lowest BCUT2D eigenvalue weighted by Crippen LogP contribution is -2.30. The van der Waals surface area contributed by atoms with Crippen molar-refractivity contribution < 1.29 is 8.42 Å². The molecular formula is C9H13Cl3N2O2S. The summed E-state index contributed by atoms with van der Waals surface area (Å²) in [5.41, 5.74) is 0. The zero-order chi connectivity index (χ0) is 12.2. The lowest BCUT2D eigenvalue weighted by Gasteiger charge is -2.08. The van der Waals surface area contributed by atoms with Crippen LogP contribution in [0, 0.1) is 0 Å². The number of benzene rings is 1. The maximum atomic E-state index is 11.8. The highest BCUT2D eigenvalue weighted by Crippen LogP contribution is 2.24. The summed E-state index contributed by atoms with van der Waals surface area (Å²) in [6.45, 7) is 0.849. The number of nitrogens with one attached hydrogen (secondary N) is 2. The van der Waals surface area contributed by atoms with Crippen molar-refractivity contribution >= 4 is 45.6 Å². The predicted octanol–water partition coefficient (Wildman–Crippen LogP) is 1.91. The number of hydrogen-bond donors (Lipinski definition) is 2. The van der Waals surface area contributed by atoms with E-state index in [1.54, 1.807) is 7.05 Å². The fourth-order valence-electron chi connectivity index (χ4n) is 1.08. The highest BCUT2D eigenvalue weighted by Gasteiger charge is 2.16. The molecule has 2 N–H and O–H groups in total. The van der Waals surface area contributed by atoms with E-state index in [0.717, 1.165) is 0 Å². The molecule has 0 aromatic heterocycles. The van der Waals surface area contributed by atoms with E-state index in [4.69, 9.17) is 23.2 Å². The molecular weight excluding hydrogens is 307 g/mol. The van der Waals surface area contributed by atoms with Gasteiger partial charge in [-0.15, -0.1) is 12.4 Å². The Labute approximate surface area is 117 Å². The van der Waals surface area contributed by atoms with E-state index >= 15 is 0 Å². The second kappa shape index (κ2) is 7.41. The van der Waals surface area contributed by atoms with E-state index in [9.17, 15) is 8.42 Å². The third-order valence-corrected chi connectivity index (χ3v) is 4.03. The van der Waals surface area contributed by atoms with Crippen molar-refractivity contribution in [3.8, 4) is 0 Å². The van der Waals surface area contributed by atoms with Gasteiger partial charge < -0.3 is 5.32 Å². The van der Waals surface area contributed by atoms with E-state index in [2.05, 4.69) is 10.0 Å². The molecule has 0 bridgehead atoms. The van der Waals surface area contributed by atoms with Gasteiger partial charge in [0.25, 0.3) is 0 Å². The molecule has 0 amide bonds. The smallest absolute Gasteiger partial charge is 0.242 e. The van der Waals surface area contributed by atoms with Crippen LogP contribution in [0.25, 0.3) is 0 Å². The van der Waals surface area contributed by atoms with Crippen molar-refractivity contribution in [2.45, 2.75) is 4.90 Å². The topological polar surface area (TPSA) is 58.2 Å². The highest BCUT2D eigenvalue weighted by molar-refractivity contribution is 7.89.